The molecule has 0 fully saturated rings. The molecule has 0 radical (unpaired) electrons. The minimum Gasteiger partial charge on any atom is -0.351 e. The van der Waals surface area contributed by atoms with Crippen molar-refractivity contribution in [3.8, 4) is 0 Å². The van der Waals surface area contributed by atoms with Crippen molar-refractivity contribution in [3.05, 3.63) is 64.2 Å². The van der Waals surface area contributed by atoms with Crippen LogP contribution in [0.5, 0.6) is 0 Å². The number of halogens is 1. The molecule has 4 nitrogen and oxygen atoms in total. The fraction of sp³-hybridized carbons (Fsp3) is 0.300. The van der Waals surface area contributed by atoms with Gasteiger partial charge in [0.05, 0.1) is 0 Å². The lowest BCUT2D eigenvalue weighted by atomic mass is 9.90. The van der Waals surface area contributed by atoms with Crippen LogP contribution in [0.2, 0.25) is 5.02 Å². The SMILES string of the molecule is Cc1cc(C)cc(NC(=O)C(C)(C)C(=O)NCc2ccccc2Cl)c1. The van der Waals surface area contributed by atoms with E-state index >= 15 is 0 Å². The van der Waals surface area contributed by atoms with Crippen LogP contribution in [0.3, 0.4) is 0 Å². The summed E-state index contributed by atoms with van der Waals surface area (Å²) in [5.74, 6) is -0.705. The third-order valence-electron chi connectivity index (χ3n) is 4.01. The van der Waals surface area contributed by atoms with E-state index in [1.807, 2.05) is 50.2 Å². The van der Waals surface area contributed by atoms with E-state index in [-0.39, 0.29) is 18.4 Å². The molecule has 5 heteroatoms. The molecule has 0 aliphatic rings. The zero-order valence-electron chi connectivity index (χ0n) is 14.9. The molecule has 2 aromatic rings. The minimum absolute atomic E-state index is 0.277. The van der Waals surface area contributed by atoms with Crippen LogP contribution < -0.4 is 10.6 Å². The molecule has 0 saturated carbocycles. The smallest absolute Gasteiger partial charge is 0.239 e. The molecule has 0 atom stereocenters. The van der Waals surface area contributed by atoms with Crippen LogP contribution in [0, 0.1) is 19.3 Å². The summed E-state index contributed by atoms with van der Waals surface area (Å²) in [6.07, 6.45) is 0. The molecular weight excluding hydrogens is 336 g/mol. The van der Waals surface area contributed by atoms with E-state index in [1.54, 1.807) is 19.9 Å². The molecule has 0 heterocycles. The van der Waals surface area contributed by atoms with Gasteiger partial charge in [-0.15, -0.1) is 0 Å². The van der Waals surface area contributed by atoms with Gasteiger partial charge in [0.2, 0.25) is 11.8 Å². The lowest BCUT2D eigenvalue weighted by Gasteiger charge is -2.23. The number of hydrogen-bond donors (Lipinski definition) is 2. The van der Waals surface area contributed by atoms with Crippen LogP contribution in [0.25, 0.3) is 0 Å². The lowest BCUT2D eigenvalue weighted by molar-refractivity contribution is -0.138. The van der Waals surface area contributed by atoms with Gasteiger partial charge in [0, 0.05) is 17.3 Å². The van der Waals surface area contributed by atoms with Gasteiger partial charge in [-0.05, 0) is 62.6 Å². The van der Waals surface area contributed by atoms with Crippen LogP contribution in [0.4, 0.5) is 5.69 Å². The van der Waals surface area contributed by atoms with Gasteiger partial charge >= 0.3 is 0 Å². The number of rotatable bonds is 5. The Kier molecular flexibility index (Phi) is 5.85. The van der Waals surface area contributed by atoms with Crippen molar-refractivity contribution < 1.29 is 9.59 Å². The molecule has 0 aliphatic carbocycles. The number of anilines is 1. The summed E-state index contributed by atoms with van der Waals surface area (Å²) >= 11 is 6.09. The van der Waals surface area contributed by atoms with Crippen molar-refractivity contribution in [1.82, 2.24) is 5.32 Å². The first-order chi connectivity index (χ1) is 11.7. The highest BCUT2D eigenvalue weighted by atomic mass is 35.5. The molecule has 0 aliphatic heterocycles. The molecule has 0 unspecified atom stereocenters. The van der Waals surface area contributed by atoms with E-state index < -0.39 is 5.41 Å². The maximum Gasteiger partial charge on any atom is 0.239 e. The Morgan fingerprint density at radius 2 is 1.60 bits per heavy atom. The summed E-state index contributed by atoms with van der Waals surface area (Å²) in [5.41, 5.74) is 2.39. The van der Waals surface area contributed by atoms with Crippen LogP contribution in [0.1, 0.15) is 30.5 Å². The molecule has 0 saturated heterocycles. The Labute approximate surface area is 153 Å². The van der Waals surface area contributed by atoms with Crippen molar-refractivity contribution in [2.45, 2.75) is 34.2 Å². The first-order valence-corrected chi connectivity index (χ1v) is 8.49. The zero-order valence-corrected chi connectivity index (χ0v) is 15.7. The first-order valence-electron chi connectivity index (χ1n) is 8.11. The number of hydrogen-bond acceptors (Lipinski definition) is 2. The summed E-state index contributed by atoms with van der Waals surface area (Å²) < 4.78 is 0. The van der Waals surface area contributed by atoms with Crippen LogP contribution in [0.15, 0.2) is 42.5 Å². The minimum atomic E-state index is -1.21. The Balaban J connectivity index is 2.04. The molecular formula is C20H23ClN2O2. The molecule has 2 aromatic carbocycles. The standard InChI is InChI=1S/C20H23ClN2O2/c1-13-9-14(2)11-16(10-13)23-19(25)20(3,4)18(24)22-12-15-7-5-6-8-17(15)21/h5-11H,12H2,1-4H3,(H,22,24)(H,23,25). The van der Waals surface area contributed by atoms with Gasteiger partial charge in [-0.3, -0.25) is 9.59 Å². The summed E-state index contributed by atoms with van der Waals surface area (Å²) in [4.78, 5) is 25.1. The molecule has 0 aromatic heterocycles. The molecule has 2 N–H and O–H groups in total. The van der Waals surface area contributed by atoms with Crippen molar-refractivity contribution >= 4 is 29.1 Å². The quantitative estimate of drug-likeness (QED) is 0.785. The predicted molar refractivity (Wildman–Crippen MR) is 102 cm³/mol. The summed E-state index contributed by atoms with van der Waals surface area (Å²) in [7, 11) is 0. The number of aryl methyl sites for hydroxylation is 2. The molecule has 2 amide bonds. The second kappa shape index (κ2) is 7.70. The highest BCUT2D eigenvalue weighted by Gasteiger charge is 2.36. The van der Waals surface area contributed by atoms with E-state index in [4.69, 9.17) is 11.6 Å². The second-order valence-electron chi connectivity index (χ2n) is 6.73. The van der Waals surface area contributed by atoms with Crippen LogP contribution in [-0.4, -0.2) is 11.8 Å². The molecule has 2 rings (SSSR count). The third kappa shape index (κ3) is 4.83. The Bertz CT molecular complexity index is 780. The largest absolute Gasteiger partial charge is 0.351 e. The average molecular weight is 359 g/mol. The maximum atomic E-state index is 12.6. The molecule has 25 heavy (non-hydrogen) atoms. The van der Waals surface area contributed by atoms with Crippen molar-refractivity contribution in [2.75, 3.05) is 5.32 Å². The predicted octanol–water partition coefficient (Wildman–Crippen LogP) is 4.24. The Morgan fingerprint density at radius 3 is 2.20 bits per heavy atom. The van der Waals surface area contributed by atoms with Gasteiger partial charge < -0.3 is 10.6 Å². The number of nitrogens with one attached hydrogen (secondary N) is 2. The van der Waals surface area contributed by atoms with Gasteiger partial charge in [-0.1, -0.05) is 35.9 Å². The van der Waals surface area contributed by atoms with Gasteiger partial charge in [0.25, 0.3) is 0 Å². The van der Waals surface area contributed by atoms with Crippen LogP contribution >= 0.6 is 11.6 Å². The number of benzene rings is 2. The van der Waals surface area contributed by atoms with E-state index in [0.29, 0.717) is 10.7 Å². The normalized spacial score (nSPS) is 11.1. The van der Waals surface area contributed by atoms with E-state index in [0.717, 1.165) is 16.7 Å². The first kappa shape index (κ1) is 19.0. The highest BCUT2D eigenvalue weighted by molar-refractivity contribution is 6.31. The fourth-order valence-electron chi connectivity index (χ4n) is 2.48. The summed E-state index contributed by atoms with van der Waals surface area (Å²) in [5, 5.41) is 6.20. The lowest BCUT2D eigenvalue weighted by Crippen LogP contribution is -2.44. The number of amides is 2. The zero-order chi connectivity index (χ0) is 18.6. The molecule has 0 spiro atoms. The van der Waals surface area contributed by atoms with Gasteiger partial charge in [0.1, 0.15) is 5.41 Å². The number of carbonyl (C=O) groups excluding carboxylic acids is 2. The van der Waals surface area contributed by atoms with E-state index in [1.165, 1.54) is 0 Å². The van der Waals surface area contributed by atoms with Crippen molar-refractivity contribution in [2.24, 2.45) is 5.41 Å². The molecule has 132 valence electrons. The molecule has 0 bridgehead atoms. The van der Waals surface area contributed by atoms with Gasteiger partial charge in [0.15, 0.2) is 0 Å². The fourth-order valence-corrected chi connectivity index (χ4v) is 2.68. The topological polar surface area (TPSA) is 58.2 Å². The summed E-state index contributed by atoms with van der Waals surface area (Å²) in [6, 6.07) is 13.1. The summed E-state index contributed by atoms with van der Waals surface area (Å²) in [6.45, 7) is 7.41. The third-order valence-corrected chi connectivity index (χ3v) is 4.38. The Hall–Kier alpha value is -2.33. The highest BCUT2D eigenvalue weighted by Crippen LogP contribution is 2.21. The van der Waals surface area contributed by atoms with E-state index in [9.17, 15) is 9.59 Å². The van der Waals surface area contributed by atoms with Crippen molar-refractivity contribution in [3.63, 3.8) is 0 Å². The number of carbonyl (C=O) groups is 2. The monoisotopic (exact) mass is 358 g/mol. The maximum absolute atomic E-state index is 12.6. The Morgan fingerprint density at radius 1 is 1.00 bits per heavy atom. The van der Waals surface area contributed by atoms with Crippen LogP contribution in [-0.2, 0) is 16.1 Å². The van der Waals surface area contributed by atoms with E-state index in [2.05, 4.69) is 10.6 Å². The van der Waals surface area contributed by atoms with Gasteiger partial charge in [-0.25, -0.2) is 0 Å². The average Bonchev–Trinajstić information content (AvgIpc) is 2.52. The van der Waals surface area contributed by atoms with Gasteiger partial charge in [-0.2, -0.15) is 0 Å². The second-order valence-corrected chi connectivity index (χ2v) is 7.14. The van der Waals surface area contributed by atoms with Crippen molar-refractivity contribution in [1.29, 1.82) is 0 Å².